The van der Waals surface area contributed by atoms with Crippen molar-refractivity contribution in [3.05, 3.63) is 71.3 Å². The van der Waals surface area contributed by atoms with Crippen molar-refractivity contribution in [3.63, 3.8) is 0 Å². The minimum Gasteiger partial charge on any atom is -0.508 e. The summed E-state index contributed by atoms with van der Waals surface area (Å²) in [7, 11) is 0. The SMILES string of the molecule is O=C1C2CC=C3C(CC4C(=O)N(C5CCCCC5)C(=O)C4C3c3ccc(OCc4ccccc4)cc3O)C2C(=O)N1C1CCCCC1. The molecule has 2 aromatic carbocycles. The minimum absolute atomic E-state index is 0.0111. The summed E-state index contributed by atoms with van der Waals surface area (Å²) in [5.41, 5.74) is 2.51. The molecule has 0 radical (unpaired) electrons. The first kappa shape index (κ1) is 30.4. The van der Waals surface area contributed by atoms with E-state index in [9.17, 15) is 24.3 Å². The lowest BCUT2D eigenvalue weighted by atomic mass is 9.57. The maximum Gasteiger partial charge on any atom is 0.234 e. The van der Waals surface area contributed by atoms with Crippen molar-refractivity contribution < 1.29 is 29.0 Å². The average molecular weight is 637 g/mol. The number of carbonyl (C=O) groups is 4. The standard InChI is InChI=1S/C39H44N2O6/c42-32-20-26(47-22-23-10-4-1-5-11-23)16-17-28(32)33-27-18-19-29-34(38(45)40(36(29)43)24-12-6-2-7-13-24)30(27)21-31-35(33)39(46)41(37(31)44)25-14-8-3-9-15-25/h1,4-5,10-11,16-18,20,24-25,29-31,33-35,42H,2-3,6-9,12-15,19,21-22H2. The molecule has 1 N–H and O–H groups in total. The van der Waals surface area contributed by atoms with Crippen LogP contribution < -0.4 is 4.74 Å². The Morgan fingerprint density at radius 3 is 1.94 bits per heavy atom. The molecule has 0 spiro atoms. The van der Waals surface area contributed by atoms with Gasteiger partial charge in [0.25, 0.3) is 0 Å². The second-order valence-electron chi connectivity index (χ2n) is 14.7. The van der Waals surface area contributed by atoms with Gasteiger partial charge in [-0.1, -0.05) is 86.6 Å². The first-order chi connectivity index (χ1) is 22.9. The van der Waals surface area contributed by atoms with Crippen LogP contribution in [0.4, 0.5) is 0 Å². The van der Waals surface area contributed by atoms with E-state index in [1.165, 1.54) is 0 Å². The van der Waals surface area contributed by atoms with Crippen molar-refractivity contribution in [1.82, 2.24) is 9.80 Å². The van der Waals surface area contributed by atoms with Crippen LogP contribution in [0, 0.1) is 29.6 Å². The summed E-state index contributed by atoms with van der Waals surface area (Å²) < 4.78 is 6.00. The van der Waals surface area contributed by atoms with E-state index >= 15 is 0 Å². The highest BCUT2D eigenvalue weighted by atomic mass is 16.5. The number of allylic oxidation sites excluding steroid dienone is 2. The van der Waals surface area contributed by atoms with Gasteiger partial charge < -0.3 is 9.84 Å². The Kier molecular flexibility index (Phi) is 7.93. The van der Waals surface area contributed by atoms with Crippen LogP contribution in [0.15, 0.2) is 60.2 Å². The highest BCUT2D eigenvalue weighted by Crippen LogP contribution is 2.59. The van der Waals surface area contributed by atoms with Crippen LogP contribution in [0.5, 0.6) is 11.5 Å². The van der Waals surface area contributed by atoms with Gasteiger partial charge in [-0.05, 0) is 56.1 Å². The first-order valence-corrected chi connectivity index (χ1v) is 17.9. The van der Waals surface area contributed by atoms with Crippen LogP contribution in [-0.4, -0.2) is 50.6 Å². The highest BCUT2D eigenvalue weighted by Gasteiger charge is 2.63. The van der Waals surface area contributed by atoms with Crippen LogP contribution in [0.3, 0.4) is 0 Å². The van der Waals surface area contributed by atoms with Gasteiger partial charge in [-0.3, -0.25) is 29.0 Å². The number of likely N-dealkylation sites (tertiary alicyclic amines) is 2. The van der Waals surface area contributed by atoms with E-state index in [-0.39, 0.29) is 47.4 Å². The van der Waals surface area contributed by atoms with Crippen LogP contribution in [-0.2, 0) is 25.8 Å². The summed E-state index contributed by atoms with van der Waals surface area (Å²) in [6, 6.07) is 14.9. The largest absolute Gasteiger partial charge is 0.508 e. The quantitative estimate of drug-likeness (QED) is 0.296. The number of hydrogen-bond acceptors (Lipinski definition) is 6. The average Bonchev–Trinajstić information content (AvgIpc) is 3.51. The molecule has 5 fully saturated rings. The zero-order valence-corrected chi connectivity index (χ0v) is 26.9. The summed E-state index contributed by atoms with van der Waals surface area (Å²) in [6.07, 6.45) is 12.5. The monoisotopic (exact) mass is 636 g/mol. The molecule has 6 unspecified atom stereocenters. The summed E-state index contributed by atoms with van der Waals surface area (Å²) >= 11 is 0. The Hall–Kier alpha value is -3.94. The number of fused-ring (bicyclic) bond motifs is 4. The van der Waals surface area contributed by atoms with Crippen molar-refractivity contribution in [3.8, 4) is 11.5 Å². The van der Waals surface area contributed by atoms with Crippen molar-refractivity contribution >= 4 is 23.6 Å². The number of phenolic OH excluding ortho intramolecular Hbond substituents is 1. The fourth-order valence-electron chi connectivity index (χ4n) is 10.0. The van der Waals surface area contributed by atoms with E-state index in [1.807, 2.05) is 42.5 Å². The lowest BCUT2D eigenvalue weighted by Crippen LogP contribution is -2.44. The topological polar surface area (TPSA) is 104 Å². The van der Waals surface area contributed by atoms with Gasteiger partial charge in [0.2, 0.25) is 23.6 Å². The lowest BCUT2D eigenvalue weighted by Gasteiger charge is -2.44. The van der Waals surface area contributed by atoms with E-state index in [0.717, 1.165) is 75.3 Å². The van der Waals surface area contributed by atoms with Gasteiger partial charge in [0.05, 0.1) is 23.7 Å². The molecule has 6 aliphatic rings. The summed E-state index contributed by atoms with van der Waals surface area (Å²) in [5, 5.41) is 11.6. The number of rotatable bonds is 6. The molecule has 8 heteroatoms. The van der Waals surface area contributed by atoms with Crippen LogP contribution in [0.25, 0.3) is 0 Å². The molecule has 8 nitrogen and oxygen atoms in total. The third-order valence-corrected chi connectivity index (χ3v) is 12.2. The van der Waals surface area contributed by atoms with Crippen LogP contribution in [0.2, 0.25) is 0 Å². The molecule has 4 amide bonds. The van der Waals surface area contributed by atoms with E-state index in [1.54, 1.807) is 15.9 Å². The number of ether oxygens (including phenoxy) is 1. The van der Waals surface area contributed by atoms with E-state index in [2.05, 4.69) is 6.08 Å². The number of amides is 4. The van der Waals surface area contributed by atoms with Gasteiger partial charge in [-0.2, -0.15) is 0 Å². The molecule has 3 saturated carbocycles. The second-order valence-corrected chi connectivity index (χ2v) is 14.7. The molecular weight excluding hydrogens is 592 g/mol. The van der Waals surface area contributed by atoms with Gasteiger partial charge in [0, 0.05) is 29.6 Å². The van der Waals surface area contributed by atoms with Crippen molar-refractivity contribution in [1.29, 1.82) is 0 Å². The number of nitrogens with zero attached hydrogens (tertiary/aromatic N) is 2. The second kappa shape index (κ2) is 12.3. The molecule has 2 heterocycles. The van der Waals surface area contributed by atoms with Crippen LogP contribution >= 0.6 is 0 Å². The van der Waals surface area contributed by atoms with Gasteiger partial charge in [-0.25, -0.2) is 0 Å². The fourth-order valence-corrected chi connectivity index (χ4v) is 10.0. The number of benzene rings is 2. The summed E-state index contributed by atoms with van der Waals surface area (Å²) in [5.74, 6) is -3.03. The number of carbonyl (C=O) groups excluding carboxylic acids is 4. The van der Waals surface area contributed by atoms with Gasteiger partial charge in [0.15, 0.2) is 0 Å². The zero-order chi connectivity index (χ0) is 32.2. The van der Waals surface area contributed by atoms with E-state index in [4.69, 9.17) is 4.74 Å². The smallest absolute Gasteiger partial charge is 0.234 e. The Morgan fingerprint density at radius 2 is 1.30 bits per heavy atom. The van der Waals surface area contributed by atoms with Gasteiger partial charge in [-0.15, -0.1) is 0 Å². The molecule has 8 rings (SSSR count). The number of aromatic hydroxyl groups is 1. The molecule has 2 aromatic rings. The molecule has 2 saturated heterocycles. The van der Waals surface area contributed by atoms with E-state index < -0.39 is 29.6 Å². The molecule has 6 atom stereocenters. The summed E-state index contributed by atoms with van der Waals surface area (Å²) in [6.45, 7) is 0.348. The number of phenols is 1. The maximum absolute atomic E-state index is 14.4. The predicted molar refractivity (Wildman–Crippen MR) is 174 cm³/mol. The highest BCUT2D eigenvalue weighted by molar-refractivity contribution is 6.08. The van der Waals surface area contributed by atoms with Gasteiger partial charge >= 0.3 is 0 Å². The Morgan fingerprint density at radius 1 is 0.681 bits per heavy atom. The maximum atomic E-state index is 14.4. The third kappa shape index (κ3) is 5.10. The normalized spacial score (nSPS) is 31.4. The van der Waals surface area contributed by atoms with Crippen molar-refractivity contribution in [2.45, 2.75) is 102 Å². The molecule has 4 aliphatic carbocycles. The predicted octanol–water partition coefficient (Wildman–Crippen LogP) is 6.27. The molecule has 0 bridgehead atoms. The fraction of sp³-hybridized carbons (Fsp3) is 0.538. The Labute approximate surface area is 276 Å². The molecular formula is C39H44N2O6. The third-order valence-electron chi connectivity index (χ3n) is 12.2. The van der Waals surface area contributed by atoms with Gasteiger partial charge in [0.1, 0.15) is 18.1 Å². The number of imide groups is 2. The lowest BCUT2D eigenvalue weighted by molar-refractivity contribution is -0.145. The number of hydrogen-bond donors (Lipinski definition) is 1. The zero-order valence-electron chi connectivity index (χ0n) is 26.9. The molecule has 246 valence electrons. The summed E-state index contributed by atoms with van der Waals surface area (Å²) in [4.78, 5) is 59.9. The molecule has 0 aromatic heterocycles. The van der Waals surface area contributed by atoms with E-state index in [0.29, 0.717) is 30.8 Å². The molecule has 2 aliphatic heterocycles. The Bertz CT molecular complexity index is 1610. The molecule has 47 heavy (non-hydrogen) atoms. The van der Waals surface area contributed by atoms with Crippen molar-refractivity contribution in [2.75, 3.05) is 0 Å². The first-order valence-electron chi connectivity index (χ1n) is 17.9. The van der Waals surface area contributed by atoms with Crippen molar-refractivity contribution in [2.24, 2.45) is 29.6 Å². The Balaban J connectivity index is 1.15. The minimum atomic E-state index is -0.646. The van der Waals surface area contributed by atoms with Crippen LogP contribution in [0.1, 0.15) is 94.1 Å².